The fourth-order valence-electron chi connectivity index (χ4n) is 7.52. The molecule has 5 aromatic carbocycles. The fourth-order valence-corrected chi connectivity index (χ4v) is 7.52. The molecule has 1 saturated carbocycles. The lowest BCUT2D eigenvalue weighted by Gasteiger charge is -2.45. The van der Waals surface area contributed by atoms with Crippen molar-refractivity contribution in [1.29, 1.82) is 0 Å². The summed E-state index contributed by atoms with van der Waals surface area (Å²) in [6.45, 7) is 2.44. The van der Waals surface area contributed by atoms with Crippen LogP contribution in [0.3, 0.4) is 0 Å². The maximum atomic E-state index is 2.56. The Morgan fingerprint density at radius 2 is 1.10 bits per heavy atom. The molecular formula is C37H33BN2. The Kier molecular flexibility index (Phi) is 5.58. The zero-order valence-electron chi connectivity index (χ0n) is 23.1. The van der Waals surface area contributed by atoms with Gasteiger partial charge >= 0.3 is 0 Å². The van der Waals surface area contributed by atoms with Crippen molar-refractivity contribution in [2.75, 3.05) is 9.80 Å². The lowest BCUT2D eigenvalue weighted by atomic mass is 9.33. The SMILES string of the molecule is Cc1ccccc1N1c2ccccc2B2c3ccccc3N(c3ccccc3)c3cc(C4CCCCC4)cc1c32. The highest BCUT2D eigenvalue weighted by Gasteiger charge is 2.43. The predicted molar refractivity (Wildman–Crippen MR) is 171 cm³/mol. The molecule has 0 N–H and O–H groups in total. The van der Waals surface area contributed by atoms with E-state index in [1.807, 2.05) is 0 Å². The number of aryl methyl sites for hydroxylation is 1. The van der Waals surface area contributed by atoms with Crippen LogP contribution in [0, 0.1) is 6.92 Å². The molecule has 0 radical (unpaired) electrons. The normalized spacial score (nSPS) is 15.9. The minimum Gasteiger partial charge on any atom is -0.311 e. The highest BCUT2D eigenvalue weighted by Crippen LogP contribution is 2.46. The molecule has 40 heavy (non-hydrogen) atoms. The summed E-state index contributed by atoms with van der Waals surface area (Å²) in [4.78, 5) is 5.09. The molecule has 8 rings (SSSR count). The van der Waals surface area contributed by atoms with Crippen LogP contribution in [0.1, 0.15) is 49.1 Å². The number of fused-ring (bicyclic) bond motifs is 4. The van der Waals surface area contributed by atoms with E-state index in [1.54, 1.807) is 0 Å². The molecule has 0 saturated heterocycles. The van der Waals surface area contributed by atoms with Gasteiger partial charge < -0.3 is 9.80 Å². The average molecular weight is 516 g/mol. The maximum absolute atomic E-state index is 2.56. The standard InChI is InChI=1S/C37H33BN2/c1-26-14-8-11-21-32(26)40-34-23-13-10-20-31(34)38-30-19-9-12-22-33(30)39(29-17-6-3-7-18-29)35-24-28(25-36(40)37(35)38)27-15-4-2-5-16-27/h3,6-14,17-25,27H,2,4-5,15-16H2,1H3. The van der Waals surface area contributed by atoms with Crippen molar-refractivity contribution < 1.29 is 0 Å². The van der Waals surface area contributed by atoms with Gasteiger partial charge in [-0.15, -0.1) is 0 Å². The third kappa shape index (κ3) is 3.57. The Morgan fingerprint density at radius 3 is 1.77 bits per heavy atom. The molecule has 0 unspecified atom stereocenters. The van der Waals surface area contributed by atoms with E-state index in [4.69, 9.17) is 0 Å². The molecule has 194 valence electrons. The monoisotopic (exact) mass is 516 g/mol. The van der Waals surface area contributed by atoms with Gasteiger partial charge in [-0.2, -0.15) is 0 Å². The molecule has 0 spiro atoms. The van der Waals surface area contributed by atoms with Crippen molar-refractivity contribution in [1.82, 2.24) is 0 Å². The minimum absolute atomic E-state index is 0.193. The molecule has 3 aliphatic rings. The summed E-state index contributed by atoms with van der Waals surface area (Å²) in [6, 6.07) is 43.1. The Balaban J connectivity index is 1.48. The molecule has 5 aromatic rings. The predicted octanol–water partition coefficient (Wildman–Crippen LogP) is 8.13. The first-order chi connectivity index (χ1) is 19.8. The summed E-state index contributed by atoms with van der Waals surface area (Å²) in [7, 11) is 0. The molecule has 0 atom stereocenters. The highest BCUT2D eigenvalue weighted by molar-refractivity contribution is 7.00. The summed E-state index contributed by atoms with van der Waals surface area (Å²) in [5.41, 5.74) is 14.7. The number of nitrogens with zero attached hydrogens (tertiary/aromatic N) is 2. The van der Waals surface area contributed by atoms with Crippen LogP contribution in [0.25, 0.3) is 0 Å². The van der Waals surface area contributed by atoms with E-state index in [2.05, 4.69) is 132 Å². The third-order valence-corrected chi connectivity index (χ3v) is 9.35. The van der Waals surface area contributed by atoms with Crippen LogP contribution < -0.4 is 26.2 Å². The van der Waals surface area contributed by atoms with Gasteiger partial charge in [-0.25, -0.2) is 0 Å². The summed E-state index contributed by atoms with van der Waals surface area (Å²) in [5, 5.41) is 0. The molecule has 0 amide bonds. The van der Waals surface area contributed by atoms with E-state index in [1.165, 1.54) is 93.7 Å². The molecule has 0 bridgehead atoms. The number of hydrogen-bond donors (Lipinski definition) is 0. The van der Waals surface area contributed by atoms with Gasteiger partial charge in [-0.3, -0.25) is 0 Å². The number of benzene rings is 5. The van der Waals surface area contributed by atoms with Gasteiger partial charge in [0, 0.05) is 34.1 Å². The first-order valence-corrected chi connectivity index (χ1v) is 14.9. The van der Waals surface area contributed by atoms with Crippen LogP contribution in [-0.2, 0) is 0 Å². The Labute approximate surface area is 238 Å². The van der Waals surface area contributed by atoms with Crippen molar-refractivity contribution in [2.45, 2.75) is 44.9 Å². The lowest BCUT2D eigenvalue weighted by molar-refractivity contribution is 0.444. The molecule has 2 heterocycles. The molecule has 2 nitrogen and oxygen atoms in total. The van der Waals surface area contributed by atoms with E-state index in [0.29, 0.717) is 5.92 Å². The van der Waals surface area contributed by atoms with Gasteiger partial charge in [0.15, 0.2) is 0 Å². The summed E-state index contributed by atoms with van der Waals surface area (Å²) in [5.74, 6) is 0.611. The van der Waals surface area contributed by atoms with Crippen molar-refractivity contribution in [3.05, 3.63) is 126 Å². The fraction of sp³-hybridized carbons (Fsp3) is 0.189. The first-order valence-electron chi connectivity index (χ1n) is 14.9. The van der Waals surface area contributed by atoms with Crippen LogP contribution >= 0.6 is 0 Å². The topological polar surface area (TPSA) is 6.48 Å². The number of hydrogen-bond acceptors (Lipinski definition) is 2. The number of anilines is 6. The van der Waals surface area contributed by atoms with Crippen molar-refractivity contribution in [2.24, 2.45) is 0 Å². The summed E-state index contributed by atoms with van der Waals surface area (Å²) in [6.07, 6.45) is 6.59. The maximum Gasteiger partial charge on any atom is 0.252 e. The van der Waals surface area contributed by atoms with Crippen LogP contribution in [0.2, 0.25) is 0 Å². The second-order valence-electron chi connectivity index (χ2n) is 11.7. The third-order valence-electron chi connectivity index (χ3n) is 9.35. The molecule has 0 aromatic heterocycles. The van der Waals surface area contributed by atoms with E-state index in [9.17, 15) is 0 Å². The van der Waals surface area contributed by atoms with E-state index in [0.717, 1.165) is 0 Å². The number of para-hydroxylation sites is 4. The van der Waals surface area contributed by atoms with Crippen LogP contribution in [0.15, 0.2) is 115 Å². The molecular weight excluding hydrogens is 483 g/mol. The van der Waals surface area contributed by atoms with Gasteiger partial charge in [0.25, 0.3) is 6.71 Å². The quantitative estimate of drug-likeness (QED) is 0.219. The van der Waals surface area contributed by atoms with Gasteiger partial charge in [0.05, 0.1) is 0 Å². The zero-order valence-corrected chi connectivity index (χ0v) is 23.1. The van der Waals surface area contributed by atoms with Crippen LogP contribution in [0.4, 0.5) is 34.1 Å². The molecule has 2 aliphatic heterocycles. The van der Waals surface area contributed by atoms with Crippen LogP contribution in [-0.4, -0.2) is 6.71 Å². The van der Waals surface area contributed by atoms with E-state index < -0.39 is 0 Å². The zero-order chi connectivity index (χ0) is 26.6. The average Bonchev–Trinajstić information content (AvgIpc) is 3.02. The highest BCUT2D eigenvalue weighted by atomic mass is 15.2. The first kappa shape index (κ1) is 23.6. The van der Waals surface area contributed by atoms with Crippen molar-refractivity contribution in [3.8, 4) is 0 Å². The lowest BCUT2D eigenvalue weighted by Crippen LogP contribution is -2.61. The molecule has 1 fully saturated rings. The van der Waals surface area contributed by atoms with Gasteiger partial charge in [0.2, 0.25) is 0 Å². The van der Waals surface area contributed by atoms with Gasteiger partial charge in [-0.05, 0) is 95.7 Å². The largest absolute Gasteiger partial charge is 0.311 e. The summed E-state index contributed by atoms with van der Waals surface area (Å²) < 4.78 is 0. The summed E-state index contributed by atoms with van der Waals surface area (Å²) >= 11 is 0. The van der Waals surface area contributed by atoms with Gasteiger partial charge in [-0.1, -0.05) is 92.1 Å². The van der Waals surface area contributed by atoms with Crippen molar-refractivity contribution in [3.63, 3.8) is 0 Å². The van der Waals surface area contributed by atoms with E-state index >= 15 is 0 Å². The second kappa shape index (κ2) is 9.45. The second-order valence-corrected chi connectivity index (χ2v) is 11.7. The van der Waals surface area contributed by atoms with Gasteiger partial charge in [0.1, 0.15) is 0 Å². The van der Waals surface area contributed by atoms with Crippen molar-refractivity contribution >= 4 is 57.2 Å². The minimum atomic E-state index is 0.193. The molecule has 3 heteroatoms. The molecule has 1 aliphatic carbocycles. The van der Waals surface area contributed by atoms with E-state index in [-0.39, 0.29) is 6.71 Å². The Bertz CT molecular complexity index is 1720. The Hall–Kier alpha value is -4.24. The smallest absolute Gasteiger partial charge is 0.252 e. The number of rotatable bonds is 3. The van der Waals surface area contributed by atoms with Crippen LogP contribution in [0.5, 0.6) is 0 Å². The Morgan fingerprint density at radius 1 is 0.550 bits per heavy atom.